The largest absolute Gasteiger partial charge is 0.485 e. The molecule has 0 bridgehead atoms. The molecule has 12 N–H and O–H groups in total. The first kappa shape index (κ1) is 65.8. The maximum absolute atomic E-state index is 6.77. The zero-order valence-corrected chi connectivity index (χ0v) is 59.6. The zero-order valence-electron chi connectivity index (χ0n) is 54.8. The molecule has 30 heteroatoms. The third kappa shape index (κ3) is 11.3. The van der Waals surface area contributed by atoms with Gasteiger partial charge >= 0.3 is 0 Å². The fourth-order valence-electron chi connectivity index (χ4n) is 15.2. The van der Waals surface area contributed by atoms with Gasteiger partial charge in [-0.25, -0.2) is 49.8 Å². The molecule has 0 saturated carbocycles. The van der Waals surface area contributed by atoms with Crippen molar-refractivity contribution in [1.29, 1.82) is 0 Å². The molecule has 3 atom stereocenters. The molecule has 3 saturated heterocycles. The Morgan fingerprint density at radius 3 is 1.50 bits per heavy atom. The number of hydrogen-bond acceptors (Lipinski definition) is 24. The lowest BCUT2D eigenvalue weighted by atomic mass is 9.73. The number of nitrogens with zero attached hydrogens (tertiary/aromatic N) is 16. The van der Waals surface area contributed by atoms with Crippen LogP contribution in [0.5, 0.6) is 11.6 Å². The molecule has 0 unspecified atom stereocenters. The van der Waals surface area contributed by atoms with E-state index < -0.39 is 0 Å². The Hall–Kier alpha value is -8.77. The Bertz CT molecular complexity index is 5140. The monoisotopic (exact) mass is 1450 g/mol. The van der Waals surface area contributed by atoms with Gasteiger partial charge in [-0.2, -0.15) is 0 Å². The summed E-state index contributed by atoms with van der Waals surface area (Å²) in [6.07, 6.45) is 22.6. The van der Waals surface area contributed by atoms with E-state index in [4.69, 9.17) is 93.6 Å². The van der Waals surface area contributed by atoms with Gasteiger partial charge in [-0.1, -0.05) is 101 Å². The summed E-state index contributed by atoms with van der Waals surface area (Å²) < 4.78 is 18.8. The number of halogens is 3. The number of hydrogen-bond donors (Lipinski definition) is 6. The van der Waals surface area contributed by atoms with Gasteiger partial charge in [0.15, 0.2) is 11.3 Å². The summed E-state index contributed by atoms with van der Waals surface area (Å²) in [4.78, 5) is 56.9. The van der Waals surface area contributed by atoms with Crippen LogP contribution in [0.15, 0.2) is 148 Å². The number of pyridine rings is 3. The minimum Gasteiger partial charge on any atom is -0.485 e. The van der Waals surface area contributed by atoms with Crippen molar-refractivity contribution in [1.82, 2.24) is 63.0 Å². The molecule has 512 valence electrons. The molecule has 18 rings (SSSR count). The van der Waals surface area contributed by atoms with Crippen molar-refractivity contribution >= 4 is 122 Å². The maximum Gasteiger partial charge on any atom is 0.230 e. The van der Waals surface area contributed by atoms with E-state index in [-0.39, 0.29) is 34.7 Å². The number of nitrogens with two attached hydrogens (primary N) is 6. The van der Waals surface area contributed by atoms with E-state index in [1.165, 1.54) is 34.7 Å². The number of thiazole rings is 1. The molecule has 2 aromatic carbocycles. The first-order valence-electron chi connectivity index (χ1n) is 33.0. The highest BCUT2D eigenvalue weighted by Crippen LogP contribution is 2.53. The Kier molecular flexibility index (Phi) is 17.1. The van der Waals surface area contributed by atoms with Gasteiger partial charge in [0.05, 0.1) is 64.4 Å². The minimum absolute atomic E-state index is 0.0977. The highest BCUT2D eigenvalue weighted by atomic mass is 35.5. The van der Waals surface area contributed by atoms with Crippen LogP contribution in [0, 0.1) is 26.2 Å². The molecule has 24 nitrogen and oxygen atoms in total. The smallest absolute Gasteiger partial charge is 0.230 e. The summed E-state index contributed by atoms with van der Waals surface area (Å²) in [7, 11) is 0. The fourth-order valence-corrected chi connectivity index (χ4v) is 18.6. The number of imidazole rings is 3. The van der Waals surface area contributed by atoms with Crippen molar-refractivity contribution in [2.75, 3.05) is 71.2 Å². The second kappa shape index (κ2) is 26.0. The van der Waals surface area contributed by atoms with Gasteiger partial charge in [0.25, 0.3) is 0 Å². The van der Waals surface area contributed by atoms with Crippen LogP contribution in [0.2, 0.25) is 15.1 Å². The number of anilines is 6. The van der Waals surface area contributed by atoms with Crippen LogP contribution >= 0.6 is 69.7 Å². The van der Waals surface area contributed by atoms with Crippen LogP contribution in [-0.2, 0) is 6.42 Å². The standard InChI is InChI=1S/C25H26ClN7.C24H24ClN7OS.C21H21ClN8OS2/c1-15-19(18-6-9-29-22(28)20(18)26)23-30-10-13-33(23)24(31-15)32-11-7-25(8-12-32)14-16-4-2-3-5-17(16)21(25)27;1-14-19(34-17-6-9-28-21(27)18(17)25)22-29-10-13-32(22)23(30-14)31-11-7-24(8-12-31)20(26)15-4-2-3-5-16(15)33-24;1-11-14(33-12-2-5-25-17(24)13(12)22)18-26-6-9-30(18)20(28-11)29-7-3-21(4-8-29)16(23)15-19(31-21)27-10-32-15/h2-6,9-10,13,21H,7-8,11-12,14,27H2,1H3,(H2,28,29);2-6,9-10,13,20H,7-8,11-12,26H2,1H3,(H2,27,28);2,5-6,9-10,16H,3-4,7-8,23H2,1H3,(H2,24,25)/t21-;20-;16-/m111/s1. The van der Waals surface area contributed by atoms with Gasteiger partial charge < -0.3 is 58.6 Å². The molecular weight excluding hydrogens is 1380 g/mol. The number of benzene rings is 2. The number of para-hydroxylation sites is 1. The maximum atomic E-state index is 6.77. The van der Waals surface area contributed by atoms with Crippen LogP contribution in [0.4, 0.5) is 35.3 Å². The molecule has 0 radical (unpaired) electrons. The molecule has 1 aliphatic carbocycles. The van der Waals surface area contributed by atoms with Crippen LogP contribution in [-0.4, -0.2) is 114 Å². The summed E-state index contributed by atoms with van der Waals surface area (Å²) in [5, 5.41) is 1.30. The van der Waals surface area contributed by atoms with Crippen molar-refractivity contribution in [3.8, 4) is 22.8 Å². The van der Waals surface area contributed by atoms with E-state index in [1.54, 1.807) is 54.0 Å². The second-order valence-corrected chi connectivity index (χ2v) is 30.3. The van der Waals surface area contributed by atoms with Crippen molar-refractivity contribution in [2.45, 2.75) is 115 Å². The summed E-state index contributed by atoms with van der Waals surface area (Å²) in [6.45, 7) is 10.9. The Balaban J connectivity index is 0.000000117. The molecule has 5 aliphatic heterocycles. The van der Waals surface area contributed by atoms with Crippen molar-refractivity contribution in [2.24, 2.45) is 22.6 Å². The summed E-state index contributed by atoms with van der Waals surface area (Å²) in [6, 6.07) is 22.1. The van der Waals surface area contributed by atoms with Gasteiger partial charge in [0.2, 0.25) is 23.7 Å². The summed E-state index contributed by atoms with van der Waals surface area (Å²) in [5.74, 6) is 5.16. The Morgan fingerprint density at radius 2 is 0.960 bits per heavy atom. The topological polar surface area (TPSA) is 326 Å². The van der Waals surface area contributed by atoms with E-state index in [2.05, 4.69) is 84.3 Å². The highest BCUT2D eigenvalue weighted by molar-refractivity contribution is 8.00. The van der Waals surface area contributed by atoms with Crippen molar-refractivity contribution < 1.29 is 9.47 Å². The van der Waals surface area contributed by atoms with Gasteiger partial charge in [-0.3, -0.25) is 13.2 Å². The fraction of sp³-hybridized carbons (Fsp3) is 0.314. The lowest BCUT2D eigenvalue weighted by Crippen LogP contribution is -2.52. The number of aromatic nitrogens is 13. The first-order valence-corrected chi connectivity index (χ1v) is 36.6. The second-order valence-electron chi connectivity index (χ2n) is 26.2. The Morgan fingerprint density at radius 1 is 0.490 bits per heavy atom. The average molecular weight is 1460 g/mol. The lowest BCUT2D eigenvalue weighted by Gasteiger charge is -2.42. The molecule has 12 aromatic rings. The molecule has 6 aliphatic rings. The van der Waals surface area contributed by atoms with E-state index in [0.29, 0.717) is 38.4 Å². The lowest BCUT2D eigenvalue weighted by molar-refractivity contribution is 0.0395. The van der Waals surface area contributed by atoms with E-state index in [9.17, 15) is 0 Å². The molecule has 100 heavy (non-hydrogen) atoms. The number of piperidine rings is 3. The Labute approximate surface area is 603 Å². The third-order valence-electron chi connectivity index (χ3n) is 20.7. The number of fused-ring (bicyclic) bond motifs is 6. The van der Waals surface area contributed by atoms with Crippen molar-refractivity contribution in [3.63, 3.8) is 0 Å². The van der Waals surface area contributed by atoms with Crippen molar-refractivity contribution in [3.05, 3.63) is 182 Å². The van der Waals surface area contributed by atoms with E-state index >= 15 is 0 Å². The number of aryl methyl sites for hydroxylation is 3. The van der Waals surface area contributed by atoms with E-state index in [0.717, 1.165) is 183 Å². The molecule has 10 aromatic heterocycles. The van der Waals surface area contributed by atoms with Gasteiger partial charge in [-0.15, -0.1) is 11.3 Å². The van der Waals surface area contributed by atoms with E-state index in [1.807, 2.05) is 84.6 Å². The normalized spacial score (nSPS) is 19.2. The number of nitrogen functional groups attached to an aromatic ring is 3. The predicted octanol–water partition coefficient (Wildman–Crippen LogP) is 12.1. The van der Waals surface area contributed by atoms with Crippen LogP contribution < -0.4 is 58.6 Å². The molecule has 0 amide bonds. The quantitative estimate of drug-likeness (QED) is 0.0823. The summed E-state index contributed by atoms with van der Waals surface area (Å²) in [5.41, 5.74) is 49.5. The van der Waals surface area contributed by atoms with Crippen LogP contribution in [0.25, 0.3) is 28.1 Å². The molecule has 3 fully saturated rings. The first-order chi connectivity index (χ1) is 48.4. The highest BCUT2D eigenvalue weighted by Gasteiger charge is 2.52. The van der Waals surface area contributed by atoms with Gasteiger partial charge in [0, 0.05) is 153 Å². The number of rotatable bonds is 8. The summed E-state index contributed by atoms with van der Waals surface area (Å²) >= 11 is 23.8. The SMILES string of the molecule is Cc1nc(N2CCC3(CC2)Cc2ccccc2[C@H]3N)n2ccnc2c1-c1ccnc(N)c1Cl.Cc1nc(N2CCC3(CC2)Oc2ccccc2[C@H]3N)n2ccnc2c1Sc1ccnc(N)c1Cl.Cc1nc(N2CCC3(CC2)Oc2ncsc2[C@H]3N)n2ccnc2c1Sc1ccnc(N)c1Cl. The van der Waals surface area contributed by atoms with Crippen LogP contribution in [0.1, 0.15) is 95.3 Å². The number of ether oxygens (including phenoxy) is 2. The third-order valence-corrected chi connectivity index (χ3v) is 25.4. The molecular formula is C70H71Cl3N22O2S3. The predicted molar refractivity (Wildman–Crippen MR) is 394 cm³/mol. The average Bonchev–Trinajstić information content (AvgIpc) is 1.53. The van der Waals surface area contributed by atoms with Gasteiger partial charge in [0.1, 0.15) is 40.1 Å². The van der Waals surface area contributed by atoms with Gasteiger partial charge in [-0.05, 0) is 80.8 Å². The zero-order chi connectivity index (χ0) is 68.9. The minimum atomic E-state index is -0.386. The molecule has 3 spiro atoms. The van der Waals surface area contributed by atoms with Crippen LogP contribution in [0.3, 0.4) is 0 Å². The molecule has 15 heterocycles.